The Labute approximate surface area is 115 Å². The minimum Gasteiger partial charge on any atom is -0.393 e. The van der Waals surface area contributed by atoms with Crippen molar-refractivity contribution in [2.24, 2.45) is 23.5 Å². The fourth-order valence-corrected chi connectivity index (χ4v) is 4.29. The first kappa shape index (κ1) is 13.4. The smallest absolute Gasteiger partial charge is 0.227 e. The average Bonchev–Trinajstić information content (AvgIpc) is 2.88. The lowest BCUT2D eigenvalue weighted by molar-refractivity contribution is -0.135. The molecule has 3 rings (SSSR count). The summed E-state index contributed by atoms with van der Waals surface area (Å²) in [5.41, 5.74) is 6.19. The van der Waals surface area contributed by atoms with Crippen LogP contribution in [0.5, 0.6) is 0 Å². The standard InChI is InChI=1S/C15H26N2O2/c16-13-5-3-1-2-4-11(13)15(19)17-8-10-6-7-14(18)12(10)9-17/h10-14,18H,1-9,16H2. The Hall–Kier alpha value is -0.610. The summed E-state index contributed by atoms with van der Waals surface area (Å²) in [6.07, 6.45) is 7.25. The summed E-state index contributed by atoms with van der Waals surface area (Å²) in [5, 5.41) is 9.94. The van der Waals surface area contributed by atoms with Crippen LogP contribution in [0.2, 0.25) is 0 Å². The minimum atomic E-state index is -0.189. The van der Waals surface area contributed by atoms with Crippen molar-refractivity contribution in [1.82, 2.24) is 4.90 Å². The van der Waals surface area contributed by atoms with E-state index in [-0.39, 0.29) is 24.0 Å². The highest BCUT2D eigenvalue weighted by atomic mass is 16.3. The molecule has 3 aliphatic rings. The SMILES string of the molecule is NC1CCCCCC1C(=O)N1CC2CCC(O)C2C1. The molecule has 0 aromatic rings. The van der Waals surface area contributed by atoms with Crippen LogP contribution in [0, 0.1) is 17.8 Å². The molecule has 1 aliphatic heterocycles. The zero-order chi connectivity index (χ0) is 13.4. The molecule has 1 heterocycles. The van der Waals surface area contributed by atoms with E-state index in [0.717, 1.165) is 51.6 Å². The fraction of sp³-hybridized carbons (Fsp3) is 0.933. The number of likely N-dealkylation sites (tertiary alicyclic amines) is 1. The van der Waals surface area contributed by atoms with Crippen LogP contribution in [0.3, 0.4) is 0 Å². The number of aliphatic hydroxyl groups is 1. The van der Waals surface area contributed by atoms with Gasteiger partial charge in [-0.1, -0.05) is 19.3 Å². The van der Waals surface area contributed by atoms with Gasteiger partial charge in [0.1, 0.15) is 0 Å². The summed E-state index contributed by atoms with van der Waals surface area (Å²) < 4.78 is 0. The molecular weight excluding hydrogens is 240 g/mol. The summed E-state index contributed by atoms with van der Waals surface area (Å²) in [7, 11) is 0. The van der Waals surface area contributed by atoms with Crippen molar-refractivity contribution >= 4 is 5.91 Å². The molecule has 5 atom stereocenters. The lowest BCUT2D eigenvalue weighted by Crippen LogP contribution is -2.43. The van der Waals surface area contributed by atoms with Gasteiger partial charge in [0.2, 0.25) is 5.91 Å². The lowest BCUT2D eigenvalue weighted by atomic mass is 9.94. The summed E-state index contributed by atoms with van der Waals surface area (Å²) in [4.78, 5) is 14.7. The minimum absolute atomic E-state index is 0.0264. The molecule has 2 aliphatic carbocycles. The van der Waals surface area contributed by atoms with E-state index in [0.29, 0.717) is 11.8 Å². The number of hydrogen-bond acceptors (Lipinski definition) is 3. The molecule has 1 amide bonds. The molecule has 0 aromatic heterocycles. The van der Waals surface area contributed by atoms with E-state index in [9.17, 15) is 9.90 Å². The lowest BCUT2D eigenvalue weighted by Gasteiger charge is -2.27. The van der Waals surface area contributed by atoms with Gasteiger partial charge in [-0.15, -0.1) is 0 Å². The Balaban J connectivity index is 1.64. The van der Waals surface area contributed by atoms with Gasteiger partial charge in [-0.25, -0.2) is 0 Å². The molecule has 2 saturated carbocycles. The van der Waals surface area contributed by atoms with Gasteiger partial charge >= 0.3 is 0 Å². The first-order valence-electron chi connectivity index (χ1n) is 7.89. The van der Waals surface area contributed by atoms with E-state index in [2.05, 4.69) is 0 Å². The second kappa shape index (κ2) is 5.41. The Morgan fingerprint density at radius 3 is 2.63 bits per heavy atom. The quantitative estimate of drug-likeness (QED) is 0.699. The summed E-state index contributed by atoms with van der Waals surface area (Å²) >= 11 is 0. The molecule has 0 aromatic carbocycles. The summed E-state index contributed by atoms with van der Waals surface area (Å²) in [6.45, 7) is 1.61. The van der Waals surface area contributed by atoms with Gasteiger partial charge in [-0.05, 0) is 31.6 Å². The highest BCUT2D eigenvalue weighted by Gasteiger charge is 2.44. The van der Waals surface area contributed by atoms with Crippen molar-refractivity contribution < 1.29 is 9.90 Å². The number of carbonyl (C=O) groups is 1. The maximum Gasteiger partial charge on any atom is 0.227 e. The molecule has 4 nitrogen and oxygen atoms in total. The molecule has 3 fully saturated rings. The second-order valence-electron chi connectivity index (χ2n) is 6.72. The van der Waals surface area contributed by atoms with E-state index in [1.807, 2.05) is 4.90 Å². The summed E-state index contributed by atoms with van der Waals surface area (Å²) in [5.74, 6) is 1.14. The molecular formula is C15H26N2O2. The Morgan fingerprint density at radius 2 is 1.84 bits per heavy atom. The van der Waals surface area contributed by atoms with Crippen LogP contribution in [-0.4, -0.2) is 41.1 Å². The van der Waals surface area contributed by atoms with Crippen LogP contribution < -0.4 is 5.73 Å². The van der Waals surface area contributed by atoms with Gasteiger partial charge in [-0.2, -0.15) is 0 Å². The Kier molecular flexibility index (Phi) is 3.81. The topological polar surface area (TPSA) is 66.6 Å². The Bertz CT molecular complexity index is 347. The van der Waals surface area contributed by atoms with Crippen LogP contribution in [0.1, 0.15) is 44.9 Å². The van der Waals surface area contributed by atoms with Crippen molar-refractivity contribution in [1.29, 1.82) is 0 Å². The predicted molar refractivity (Wildman–Crippen MR) is 73.4 cm³/mol. The largest absolute Gasteiger partial charge is 0.393 e. The highest BCUT2D eigenvalue weighted by Crippen LogP contribution is 2.39. The number of rotatable bonds is 1. The maximum atomic E-state index is 12.7. The molecule has 0 radical (unpaired) electrons. The molecule has 5 unspecified atom stereocenters. The van der Waals surface area contributed by atoms with Crippen molar-refractivity contribution in [3.8, 4) is 0 Å². The normalized spacial score (nSPS) is 43.1. The number of hydrogen-bond donors (Lipinski definition) is 2. The van der Waals surface area contributed by atoms with E-state index in [1.165, 1.54) is 6.42 Å². The van der Waals surface area contributed by atoms with Gasteiger partial charge in [-0.3, -0.25) is 4.79 Å². The zero-order valence-corrected chi connectivity index (χ0v) is 11.6. The molecule has 108 valence electrons. The predicted octanol–water partition coefficient (Wildman–Crippen LogP) is 1.12. The van der Waals surface area contributed by atoms with E-state index < -0.39 is 0 Å². The molecule has 0 bridgehead atoms. The third kappa shape index (κ3) is 2.52. The first-order valence-corrected chi connectivity index (χ1v) is 7.89. The van der Waals surface area contributed by atoms with Crippen LogP contribution in [0.4, 0.5) is 0 Å². The van der Waals surface area contributed by atoms with Gasteiger partial charge in [0.05, 0.1) is 12.0 Å². The van der Waals surface area contributed by atoms with Crippen molar-refractivity contribution in [3.63, 3.8) is 0 Å². The van der Waals surface area contributed by atoms with Gasteiger partial charge < -0.3 is 15.7 Å². The first-order chi connectivity index (χ1) is 9.16. The number of fused-ring (bicyclic) bond motifs is 1. The van der Waals surface area contributed by atoms with Crippen LogP contribution >= 0.6 is 0 Å². The monoisotopic (exact) mass is 266 g/mol. The molecule has 1 saturated heterocycles. The van der Waals surface area contributed by atoms with Crippen molar-refractivity contribution in [2.45, 2.75) is 57.1 Å². The number of nitrogens with zero attached hydrogens (tertiary/aromatic N) is 1. The van der Waals surface area contributed by atoms with Gasteiger partial charge in [0.25, 0.3) is 0 Å². The van der Waals surface area contributed by atoms with Crippen molar-refractivity contribution in [2.75, 3.05) is 13.1 Å². The average molecular weight is 266 g/mol. The number of amides is 1. The van der Waals surface area contributed by atoms with E-state index >= 15 is 0 Å². The van der Waals surface area contributed by atoms with Crippen LogP contribution in [-0.2, 0) is 4.79 Å². The molecule has 19 heavy (non-hydrogen) atoms. The number of carbonyl (C=O) groups excluding carboxylic acids is 1. The van der Waals surface area contributed by atoms with Gasteiger partial charge in [0.15, 0.2) is 0 Å². The van der Waals surface area contributed by atoms with Crippen molar-refractivity contribution in [3.05, 3.63) is 0 Å². The maximum absolute atomic E-state index is 12.7. The second-order valence-corrected chi connectivity index (χ2v) is 6.72. The van der Waals surface area contributed by atoms with E-state index in [4.69, 9.17) is 5.73 Å². The van der Waals surface area contributed by atoms with Crippen LogP contribution in [0.25, 0.3) is 0 Å². The molecule has 0 spiro atoms. The summed E-state index contributed by atoms with van der Waals surface area (Å²) in [6, 6.07) is 0.0420. The number of aliphatic hydroxyl groups excluding tert-OH is 1. The van der Waals surface area contributed by atoms with Crippen LogP contribution in [0.15, 0.2) is 0 Å². The molecule has 4 heteroatoms. The van der Waals surface area contributed by atoms with Gasteiger partial charge in [0, 0.05) is 25.0 Å². The third-order valence-corrected chi connectivity index (χ3v) is 5.52. The fourth-order valence-electron chi connectivity index (χ4n) is 4.29. The number of nitrogens with two attached hydrogens (primary N) is 1. The molecule has 3 N–H and O–H groups in total. The highest BCUT2D eigenvalue weighted by molar-refractivity contribution is 5.80. The Morgan fingerprint density at radius 1 is 1.05 bits per heavy atom. The van der Waals surface area contributed by atoms with E-state index in [1.54, 1.807) is 0 Å². The zero-order valence-electron chi connectivity index (χ0n) is 11.6. The third-order valence-electron chi connectivity index (χ3n) is 5.52.